The van der Waals surface area contributed by atoms with Gasteiger partial charge in [0.25, 0.3) is 0 Å². The summed E-state index contributed by atoms with van der Waals surface area (Å²) >= 11 is 3.36. The number of carbonyl (C=O) groups excluding carboxylic acids is 1. The molecule has 12 heteroatoms. The first-order valence-corrected chi connectivity index (χ1v) is 13.9. The van der Waals surface area contributed by atoms with E-state index in [1.54, 1.807) is 65.4 Å². The highest BCUT2D eigenvalue weighted by Gasteiger charge is 2.22. The molecule has 0 radical (unpaired) electrons. The quantitative estimate of drug-likeness (QED) is 0.138. The van der Waals surface area contributed by atoms with Crippen molar-refractivity contribution < 1.29 is 22.0 Å². The molecule has 0 N–H and O–H groups in total. The maximum Gasteiger partial charge on any atom is 0.196 e. The van der Waals surface area contributed by atoms with Crippen LogP contribution in [-0.2, 0) is 27.6 Å². The topological polar surface area (TPSA) is 136 Å². The maximum atomic E-state index is 12.8. The molecule has 0 spiro atoms. The van der Waals surface area contributed by atoms with E-state index in [4.69, 9.17) is 11.6 Å². The fraction of sp³-hybridized carbons (Fsp3) is 0.0800. The molecule has 4 aromatic rings. The lowest BCUT2D eigenvalue weighted by Gasteiger charge is -2.21. The third kappa shape index (κ3) is 5.33. The van der Waals surface area contributed by atoms with Crippen molar-refractivity contribution >= 4 is 44.7 Å². The standard InChI is InChI=1S/C25H19ClN4O5S2/c1-37(34,35)23-13-18(20-9-5-6-10-21(20)30(16-27)36(32)33)11-12-19(23)14-29-22(15-31)24(26)28-25(29)17-7-3-2-4-8-17/h2-13,15H,14H2,1H3,(H,32,33)/p-1. The van der Waals surface area contributed by atoms with Crippen molar-refractivity contribution in [3.63, 3.8) is 0 Å². The summed E-state index contributed by atoms with van der Waals surface area (Å²) in [5, 5.41) is 9.31. The second-order valence-electron chi connectivity index (χ2n) is 7.90. The highest BCUT2D eigenvalue weighted by Crippen LogP contribution is 2.34. The summed E-state index contributed by atoms with van der Waals surface area (Å²) in [6.07, 6.45) is 3.21. The van der Waals surface area contributed by atoms with Crippen LogP contribution in [0, 0.1) is 11.5 Å². The van der Waals surface area contributed by atoms with Crippen LogP contribution in [-0.4, -0.2) is 39.3 Å². The molecular weight excluding hydrogens is 536 g/mol. The maximum absolute atomic E-state index is 12.8. The molecule has 0 saturated heterocycles. The van der Waals surface area contributed by atoms with Crippen LogP contribution in [0.5, 0.6) is 0 Å². The predicted molar refractivity (Wildman–Crippen MR) is 139 cm³/mol. The summed E-state index contributed by atoms with van der Waals surface area (Å²) in [4.78, 5) is 16.1. The number of halogens is 1. The van der Waals surface area contributed by atoms with Crippen LogP contribution >= 0.6 is 11.6 Å². The molecule has 9 nitrogen and oxygen atoms in total. The van der Waals surface area contributed by atoms with Gasteiger partial charge >= 0.3 is 0 Å². The molecule has 4 rings (SSSR count). The lowest BCUT2D eigenvalue weighted by molar-refractivity contribution is 0.111. The Morgan fingerprint density at radius 3 is 2.41 bits per heavy atom. The van der Waals surface area contributed by atoms with Gasteiger partial charge in [0.05, 0.1) is 28.4 Å². The summed E-state index contributed by atoms with van der Waals surface area (Å²) in [5.74, 6) is 0.393. The Morgan fingerprint density at radius 2 is 1.78 bits per heavy atom. The van der Waals surface area contributed by atoms with Crippen LogP contribution < -0.4 is 4.31 Å². The zero-order chi connectivity index (χ0) is 26.7. The third-order valence-corrected chi connectivity index (χ3v) is 7.61. The molecule has 0 aliphatic carbocycles. The normalized spacial score (nSPS) is 12.1. The van der Waals surface area contributed by atoms with Crippen LogP contribution in [0.2, 0.25) is 5.15 Å². The second-order valence-corrected chi connectivity index (χ2v) is 11.0. The van der Waals surface area contributed by atoms with E-state index in [2.05, 4.69) is 4.98 Å². The van der Waals surface area contributed by atoms with Crippen LogP contribution in [0.15, 0.2) is 77.7 Å². The van der Waals surface area contributed by atoms with E-state index in [1.807, 2.05) is 6.07 Å². The van der Waals surface area contributed by atoms with Crippen molar-refractivity contribution in [3.05, 3.63) is 89.2 Å². The number of para-hydroxylation sites is 1. The number of nitriles is 1. The molecule has 0 amide bonds. The number of carbonyl (C=O) groups is 1. The lowest BCUT2D eigenvalue weighted by atomic mass is 10.0. The van der Waals surface area contributed by atoms with Crippen molar-refractivity contribution in [2.24, 2.45) is 0 Å². The van der Waals surface area contributed by atoms with E-state index >= 15 is 0 Å². The van der Waals surface area contributed by atoms with Gasteiger partial charge in [0.2, 0.25) is 0 Å². The van der Waals surface area contributed by atoms with Gasteiger partial charge in [-0.05, 0) is 23.3 Å². The minimum absolute atomic E-state index is 0.0116. The highest BCUT2D eigenvalue weighted by atomic mass is 35.5. The van der Waals surface area contributed by atoms with Gasteiger partial charge in [-0.2, -0.15) is 5.26 Å². The SMILES string of the molecule is CS(=O)(=O)c1cc(-c2ccccc2N(C#N)S(=O)[O-])ccc1Cn1c(-c2ccccc2)nc(Cl)c1C=O. The lowest BCUT2D eigenvalue weighted by Crippen LogP contribution is -2.19. The van der Waals surface area contributed by atoms with Crippen molar-refractivity contribution in [2.45, 2.75) is 11.4 Å². The van der Waals surface area contributed by atoms with Gasteiger partial charge in [-0.25, -0.2) is 17.7 Å². The number of hydrogen-bond acceptors (Lipinski definition) is 7. The van der Waals surface area contributed by atoms with E-state index in [9.17, 15) is 27.2 Å². The zero-order valence-electron chi connectivity index (χ0n) is 19.2. The Kier molecular flexibility index (Phi) is 7.56. The molecule has 0 bridgehead atoms. The summed E-state index contributed by atoms with van der Waals surface area (Å²) in [6, 6.07) is 19.9. The van der Waals surface area contributed by atoms with Crippen molar-refractivity contribution in [2.75, 3.05) is 10.6 Å². The predicted octanol–water partition coefficient (Wildman–Crippen LogP) is 4.22. The zero-order valence-corrected chi connectivity index (χ0v) is 21.6. The molecule has 0 aliphatic rings. The smallest absolute Gasteiger partial charge is 0.196 e. The van der Waals surface area contributed by atoms with Gasteiger partial charge in [0.1, 0.15) is 11.5 Å². The van der Waals surface area contributed by atoms with E-state index < -0.39 is 21.1 Å². The highest BCUT2D eigenvalue weighted by molar-refractivity contribution is 7.90. The third-order valence-electron chi connectivity index (χ3n) is 5.57. The second kappa shape index (κ2) is 10.7. The van der Waals surface area contributed by atoms with Gasteiger partial charge in [-0.3, -0.25) is 9.00 Å². The summed E-state index contributed by atoms with van der Waals surface area (Å²) < 4.78 is 50.9. The minimum Gasteiger partial charge on any atom is -0.754 e. The Hall–Kier alpha value is -3.82. The van der Waals surface area contributed by atoms with Crippen molar-refractivity contribution in [1.82, 2.24) is 9.55 Å². The molecule has 0 saturated carbocycles. The first kappa shape index (κ1) is 26.2. The Morgan fingerprint density at radius 1 is 1.11 bits per heavy atom. The van der Waals surface area contributed by atoms with Gasteiger partial charge in [-0.1, -0.05) is 72.3 Å². The van der Waals surface area contributed by atoms with Crippen molar-refractivity contribution in [1.29, 1.82) is 5.26 Å². The van der Waals surface area contributed by atoms with Crippen LogP contribution in [0.25, 0.3) is 22.5 Å². The number of sulfone groups is 1. The summed E-state index contributed by atoms with van der Waals surface area (Å²) in [5.41, 5.74) is 1.94. The number of aldehydes is 1. The number of hydrogen-bond donors (Lipinski definition) is 0. The average Bonchev–Trinajstić information content (AvgIpc) is 3.19. The molecular formula is C25H18ClN4O5S2-. The van der Waals surface area contributed by atoms with Gasteiger partial charge < -0.3 is 9.12 Å². The molecule has 1 unspecified atom stereocenters. The Bertz CT molecular complexity index is 1660. The monoisotopic (exact) mass is 553 g/mol. The molecule has 1 atom stereocenters. The molecule has 1 aromatic heterocycles. The first-order chi connectivity index (χ1) is 17.7. The van der Waals surface area contributed by atoms with E-state index in [0.29, 0.717) is 38.7 Å². The van der Waals surface area contributed by atoms with Gasteiger partial charge in [0.15, 0.2) is 27.5 Å². The number of nitrogens with zero attached hydrogens (tertiary/aromatic N) is 4. The van der Waals surface area contributed by atoms with E-state index in [0.717, 1.165) is 6.26 Å². The van der Waals surface area contributed by atoms with Gasteiger partial charge in [-0.15, -0.1) is 0 Å². The largest absolute Gasteiger partial charge is 0.754 e. The first-order valence-electron chi connectivity index (χ1n) is 10.6. The van der Waals surface area contributed by atoms with Crippen LogP contribution in [0.3, 0.4) is 0 Å². The number of rotatable bonds is 8. The number of anilines is 1. The molecule has 37 heavy (non-hydrogen) atoms. The summed E-state index contributed by atoms with van der Waals surface area (Å²) in [7, 11) is -3.78. The molecule has 0 fully saturated rings. The minimum atomic E-state index is -3.78. The van der Waals surface area contributed by atoms with Gasteiger partial charge in [0, 0.05) is 17.4 Å². The Balaban J connectivity index is 1.88. The Labute approximate surface area is 220 Å². The van der Waals surface area contributed by atoms with Crippen molar-refractivity contribution in [3.8, 4) is 28.7 Å². The molecule has 3 aromatic carbocycles. The van der Waals surface area contributed by atoms with E-state index in [1.165, 1.54) is 12.1 Å². The van der Waals surface area contributed by atoms with Crippen LogP contribution in [0.1, 0.15) is 16.1 Å². The van der Waals surface area contributed by atoms with Crippen LogP contribution in [0.4, 0.5) is 5.69 Å². The molecule has 1 heterocycles. The van der Waals surface area contributed by atoms with E-state index in [-0.39, 0.29) is 28.0 Å². The molecule has 0 aliphatic heterocycles. The average molecular weight is 554 g/mol. The number of benzene rings is 3. The fourth-order valence-electron chi connectivity index (χ4n) is 3.95. The summed E-state index contributed by atoms with van der Waals surface area (Å²) in [6.45, 7) is -0.0305. The fourth-order valence-corrected chi connectivity index (χ4v) is 5.51. The number of imidazole rings is 1. The number of aromatic nitrogens is 2. The molecule has 188 valence electrons.